The summed E-state index contributed by atoms with van der Waals surface area (Å²) in [6.07, 6.45) is -0.661. The second-order valence-corrected chi connectivity index (χ2v) is 7.69. The lowest BCUT2D eigenvalue weighted by molar-refractivity contribution is -0.173. The number of β-lactam (4-membered cyclic amide) rings is 1. The number of nitrogens with two attached hydrogens (primary N) is 1. The molecule has 1 atom stereocenters. The molecule has 0 bridgehead atoms. The average molecular weight is 372 g/mol. The molecule has 0 aliphatic carbocycles. The molecule has 0 aromatic carbocycles. The number of esters is 2. The normalized spacial score (nSPS) is 19.7. The van der Waals surface area contributed by atoms with Crippen molar-refractivity contribution in [2.45, 2.75) is 32.6 Å². The van der Waals surface area contributed by atoms with Crippen LogP contribution in [0.5, 0.6) is 0 Å². The first kappa shape index (κ1) is 19.1. The number of thioether (sulfide) groups is 1. The first-order chi connectivity index (χ1) is 11.6. The highest BCUT2D eigenvalue weighted by atomic mass is 32.2. The molecule has 2 aliphatic heterocycles. The van der Waals surface area contributed by atoms with Crippen molar-refractivity contribution in [1.82, 2.24) is 4.90 Å². The summed E-state index contributed by atoms with van der Waals surface area (Å²) in [7, 11) is 0. The molecule has 0 spiro atoms. The Morgan fingerprint density at radius 1 is 1.24 bits per heavy atom. The van der Waals surface area contributed by atoms with Gasteiger partial charge < -0.3 is 19.9 Å². The monoisotopic (exact) mass is 372 g/mol. The van der Waals surface area contributed by atoms with Gasteiger partial charge in [-0.15, -0.1) is 11.8 Å². The standard InChI is InChI=1S/C15H20N2O7S/c1-15(2,3)13(20)24-7-23-12(19)11-8(5-22-14(16)21)6-25-10-4-9(18)17(10)11/h10H,4-7H2,1-3H3,(H2,16,21). The molecule has 138 valence electrons. The minimum Gasteiger partial charge on any atom is -0.445 e. The molecular weight excluding hydrogens is 352 g/mol. The summed E-state index contributed by atoms with van der Waals surface area (Å²) >= 11 is 1.45. The lowest BCUT2D eigenvalue weighted by atomic mass is 9.98. The van der Waals surface area contributed by atoms with E-state index >= 15 is 0 Å². The van der Waals surface area contributed by atoms with Crippen LogP contribution < -0.4 is 5.73 Å². The average Bonchev–Trinajstić information content (AvgIpc) is 2.50. The maximum atomic E-state index is 12.4. The summed E-state index contributed by atoms with van der Waals surface area (Å²) in [4.78, 5) is 48.0. The van der Waals surface area contributed by atoms with Gasteiger partial charge in [0.15, 0.2) is 0 Å². The molecule has 10 heteroatoms. The second-order valence-electron chi connectivity index (χ2n) is 6.52. The molecule has 9 nitrogen and oxygen atoms in total. The van der Waals surface area contributed by atoms with Crippen LogP contribution in [0.25, 0.3) is 0 Å². The third-order valence-corrected chi connectivity index (χ3v) is 4.78. The first-order valence-electron chi connectivity index (χ1n) is 7.53. The SMILES string of the molecule is CC(C)(C)C(=O)OCOC(=O)C1=C(COC(N)=O)CSC2CC(=O)N12. The van der Waals surface area contributed by atoms with E-state index in [1.165, 1.54) is 16.7 Å². The molecule has 2 heterocycles. The number of primary amides is 1. The van der Waals surface area contributed by atoms with Crippen LogP contribution >= 0.6 is 11.8 Å². The molecule has 0 saturated carbocycles. The van der Waals surface area contributed by atoms with Crippen molar-refractivity contribution in [3.05, 3.63) is 11.3 Å². The number of ether oxygens (including phenoxy) is 3. The van der Waals surface area contributed by atoms with Crippen molar-refractivity contribution in [2.75, 3.05) is 19.2 Å². The Hall–Kier alpha value is -2.23. The number of hydrogen-bond donors (Lipinski definition) is 1. The van der Waals surface area contributed by atoms with Gasteiger partial charge in [-0.1, -0.05) is 0 Å². The van der Waals surface area contributed by atoms with Gasteiger partial charge in [-0.05, 0) is 20.8 Å². The van der Waals surface area contributed by atoms with E-state index in [-0.39, 0.29) is 23.6 Å². The van der Waals surface area contributed by atoms with Crippen LogP contribution in [-0.4, -0.2) is 53.4 Å². The first-order valence-corrected chi connectivity index (χ1v) is 8.58. The van der Waals surface area contributed by atoms with Gasteiger partial charge in [0.1, 0.15) is 12.3 Å². The van der Waals surface area contributed by atoms with Gasteiger partial charge >= 0.3 is 18.0 Å². The number of rotatable bonds is 5. The Morgan fingerprint density at radius 2 is 1.92 bits per heavy atom. The van der Waals surface area contributed by atoms with Gasteiger partial charge in [-0.25, -0.2) is 9.59 Å². The maximum Gasteiger partial charge on any atom is 0.404 e. The number of fused-ring (bicyclic) bond motifs is 1. The Kier molecular flexibility index (Phi) is 5.61. The van der Waals surface area contributed by atoms with Gasteiger partial charge in [0.2, 0.25) is 12.7 Å². The van der Waals surface area contributed by atoms with Crippen LogP contribution in [0, 0.1) is 5.41 Å². The summed E-state index contributed by atoms with van der Waals surface area (Å²) in [5.74, 6) is -1.17. The number of hydrogen-bond acceptors (Lipinski definition) is 8. The van der Waals surface area contributed by atoms with E-state index in [1.807, 2.05) is 0 Å². The molecular formula is C15H20N2O7S. The summed E-state index contributed by atoms with van der Waals surface area (Å²) < 4.78 is 14.6. The van der Waals surface area contributed by atoms with Crippen LogP contribution in [0.2, 0.25) is 0 Å². The van der Waals surface area contributed by atoms with Crippen molar-refractivity contribution < 1.29 is 33.4 Å². The fourth-order valence-electron chi connectivity index (χ4n) is 2.16. The third-order valence-electron chi connectivity index (χ3n) is 3.51. The number of carbonyl (C=O) groups is 4. The Balaban J connectivity index is 2.06. The second kappa shape index (κ2) is 7.34. The van der Waals surface area contributed by atoms with Crippen LogP contribution in [0.15, 0.2) is 11.3 Å². The fraction of sp³-hybridized carbons (Fsp3) is 0.600. The number of amides is 2. The van der Waals surface area contributed by atoms with E-state index in [2.05, 4.69) is 0 Å². The summed E-state index contributed by atoms with van der Waals surface area (Å²) in [6.45, 7) is 4.22. The Morgan fingerprint density at radius 3 is 2.48 bits per heavy atom. The summed E-state index contributed by atoms with van der Waals surface area (Å²) in [6, 6.07) is 0. The highest BCUT2D eigenvalue weighted by Gasteiger charge is 2.46. The van der Waals surface area contributed by atoms with Gasteiger partial charge in [-0.3, -0.25) is 14.5 Å². The lowest BCUT2D eigenvalue weighted by Crippen LogP contribution is -2.54. The molecule has 2 rings (SSSR count). The lowest BCUT2D eigenvalue weighted by Gasteiger charge is -2.44. The Bertz CT molecular complexity index is 638. The number of carbonyl (C=O) groups excluding carboxylic acids is 4. The van der Waals surface area contributed by atoms with Crippen molar-refractivity contribution in [3.63, 3.8) is 0 Å². The van der Waals surface area contributed by atoms with Gasteiger partial charge in [0.25, 0.3) is 0 Å². The van der Waals surface area contributed by atoms with Crippen LogP contribution in [0.3, 0.4) is 0 Å². The van der Waals surface area contributed by atoms with Crippen molar-refractivity contribution in [3.8, 4) is 0 Å². The molecule has 0 radical (unpaired) electrons. The van der Waals surface area contributed by atoms with E-state index < -0.39 is 30.2 Å². The minimum atomic E-state index is -0.985. The zero-order valence-corrected chi connectivity index (χ0v) is 15.0. The van der Waals surface area contributed by atoms with Gasteiger partial charge in [0, 0.05) is 11.3 Å². The molecule has 0 aromatic rings. The largest absolute Gasteiger partial charge is 0.445 e. The zero-order chi connectivity index (χ0) is 18.8. The quantitative estimate of drug-likeness (QED) is 0.425. The molecule has 25 heavy (non-hydrogen) atoms. The zero-order valence-electron chi connectivity index (χ0n) is 14.2. The van der Waals surface area contributed by atoms with Gasteiger partial charge in [0.05, 0.1) is 17.2 Å². The highest BCUT2D eigenvalue weighted by Crippen LogP contribution is 2.40. The highest BCUT2D eigenvalue weighted by molar-refractivity contribution is 8.00. The molecule has 2 aliphatic rings. The predicted molar refractivity (Wildman–Crippen MR) is 86.8 cm³/mol. The van der Waals surface area contributed by atoms with E-state index in [1.54, 1.807) is 20.8 Å². The van der Waals surface area contributed by atoms with Crippen molar-refractivity contribution in [2.24, 2.45) is 11.1 Å². The van der Waals surface area contributed by atoms with Crippen molar-refractivity contribution >= 4 is 35.7 Å². The van der Waals surface area contributed by atoms with Crippen LogP contribution in [0.1, 0.15) is 27.2 Å². The van der Waals surface area contributed by atoms with Crippen LogP contribution in [0.4, 0.5) is 4.79 Å². The topological polar surface area (TPSA) is 125 Å². The molecule has 1 saturated heterocycles. The van der Waals surface area contributed by atoms with E-state index in [9.17, 15) is 19.2 Å². The Labute approximate surface area is 148 Å². The minimum absolute atomic E-state index is 0.0213. The van der Waals surface area contributed by atoms with Crippen molar-refractivity contribution in [1.29, 1.82) is 0 Å². The van der Waals surface area contributed by atoms with E-state index in [0.29, 0.717) is 17.7 Å². The van der Waals surface area contributed by atoms with E-state index in [4.69, 9.17) is 19.9 Å². The molecule has 0 aromatic heterocycles. The molecule has 2 amide bonds. The third kappa shape index (κ3) is 4.44. The summed E-state index contributed by atoms with van der Waals surface area (Å²) in [5, 5.41) is -0.149. The predicted octanol–water partition coefficient (Wildman–Crippen LogP) is 0.731. The smallest absolute Gasteiger partial charge is 0.404 e. The summed E-state index contributed by atoms with van der Waals surface area (Å²) in [5.41, 5.74) is 4.65. The molecule has 1 fully saturated rings. The van der Waals surface area contributed by atoms with Crippen LogP contribution in [-0.2, 0) is 28.6 Å². The molecule has 2 N–H and O–H groups in total. The fourth-order valence-corrected chi connectivity index (χ4v) is 3.40. The maximum absolute atomic E-state index is 12.4. The number of nitrogens with zero attached hydrogens (tertiary/aromatic N) is 1. The molecule has 1 unspecified atom stereocenters. The van der Waals surface area contributed by atoms with E-state index in [0.717, 1.165) is 0 Å². The van der Waals surface area contributed by atoms with Gasteiger partial charge in [-0.2, -0.15) is 0 Å².